The van der Waals surface area contributed by atoms with E-state index in [2.05, 4.69) is 4.74 Å². The van der Waals surface area contributed by atoms with Gasteiger partial charge in [-0.3, -0.25) is 10.1 Å². The number of ether oxygens (including phenoxy) is 1. The van der Waals surface area contributed by atoms with Crippen LogP contribution in [0.3, 0.4) is 0 Å². The van der Waals surface area contributed by atoms with Crippen LogP contribution in [-0.4, -0.2) is 11.1 Å². The van der Waals surface area contributed by atoms with Gasteiger partial charge in [-0.15, -0.1) is 4.39 Å². The molecule has 68 valence electrons. The summed E-state index contributed by atoms with van der Waals surface area (Å²) in [6, 6.07) is 4.69. The summed E-state index contributed by atoms with van der Waals surface area (Å²) < 4.78 is 15.7. The van der Waals surface area contributed by atoms with Crippen molar-refractivity contribution >= 4 is 11.9 Å². The predicted molar refractivity (Wildman–Crippen MR) is 40.2 cm³/mol. The van der Waals surface area contributed by atoms with E-state index in [1.165, 1.54) is 18.2 Å². The van der Waals surface area contributed by atoms with Gasteiger partial charge in [0.2, 0.25) is 0 Å². The van der Waals surface area contributed by atoms with Gasteiger partial charge >= 0.3 is 6.22 Å². The van der Waals surface area contributed by atoms with Gasteiger partial charge < -0.3 is 4.74 Å². The lowest BCUT2D eigenvalue weighted by Gasteiger charge is -1.96. The molecule has 0 aliphatic carbocycles. The number of non-ortho nitro benzene ring substituents is 1. The van der Waals surface area contributed by atoms with Crippen LogP contribution in [0, 0.1) is 10.1 Å². The fourth-order valence-corrected chi connectivity index (χ4v) is 0.753. The molecule has 0 N–H and O–H groups in total. The van der Waals surface area contributed by atoms with Crippen molar-refractivity contribution in [3.05, 3.63) is 34.4 Å². The molecule has 0 radical (unpaired) electrons. The SMILES string of the molecule is O=C(F)Oc1cccc([N+](=O)[O-])c1. The van der Waals surface area contributed by atoms with Crippen LogP contribution in [0.15, 0.2) is 24.3 Å². The summed E-state index contributed by atoms with van der Waals surface area (Å²) in [6.07, 6.45) is -2.00. The zero-order valence-electron chi connectivity index (χ0n) is 6.27. The second kappa shape index (κ2) is 3.61. The number of carbonyl (C=O) groups excluding carboxylic acids is 1. The van der Waals surface area contributed by atoms with Crippen molar-refractivity contribution in [3.63, 3.8) is 0 Å². The van der Waals surface area contributed by atoms with Crippen LogP contribution in [-0.2, 0) is 0 Å². The Balaban J connectivity index is 2.91. The van der Waals surface area contributed by atoms with Crippen molar-refractivity contribution in [3.8, 4) is 5.75 Å². The van der Waals surface area contributed by atoms with E-state index in [0.717, 1.165) is 6.07 Å². The average Bonchev–Trinajstić information content (AvgIpc) is 2.03. The van der Waals surface area contributed by atoms with Crippen molar-refractivity contribution < 1.29 is 18.8 Å². The quantitative estimate of drug-likeness (QED) is 0.401. The van der Waals surface area contributed by atoms with Gasteiger partial charge in [0.05, 0.1) is 11.0 Å². The first kappa shape index (κ1) is 9.11. The highest BCUT2D eigenvalue weighted by atomic mass is 19.1. The van der Waals surface area contributed by atoms with E-state index in [-0.39, 0.29) is 11.4 Å². The number of halogens is 1. The first-order valence-corrected chi connectivity index (χ1v) is 3.21. The van der Waals surface area contributed by atoms with Crippen LogP contribution in [0.2, 0.25) is 0 Å². The summed E-state index contributed by atoms with van der Waals surface area (Å²) >= 11 is 0. The van der Waals surface area contributed by atoms with Gasteiger partial charge in [-0.25, -0.2) is 4.79 Å². The normalized spacial score (nSPS) is 9.31. The van der Waals surface area contributed by atoms with E-state index in [4.69, 9.17) is 0 Å². The maximum Gasteiger partial charge on any atom is 0.500 e. The van der Waals surface area contributed by atoms with Crippen LogP contribution < -0.4 is 4.74 Å². The van der Waals surface area contributed by atoms with E-state index in [0.29, 0.717) is 0 Å². The van der Waals surface area contributed by atoms with Crippen LogP contribution in [0.4, 0.5) is 14.9 Å². The Morgan fingerprint density at radius 1 is 1.54 bits per heavy atom. The Morgan fingerprint density at radius 3 is 2.77 bits per heavy atom. The summed E-state index contributed by atoms with van der Waals surface area (Å²) in [4.78, 5) is 19.4. The molecule has 0 aliphatic heterocycles. The lowest BCUT2D eigenvalue weighted by Crippen LogP contribution is -1.97. The summed E-state index contributed by atoms with van der Waals surface area (Å²) in [5.74, 6) is -0.193. The Bertz CT molecular complexity index is 352. The zero-order chi connectivity index (χ0) is 9.84. The van der Waals surface area contributed by atoms with Crippen LogP contribution in [0.25, 0.3) is 0 Å². The highest BCUT2D eigenvalue weighted by Crippen LogP contribution is 2.19. The fourth-order valence-electron chi connectivity index (χ4n) is 0.753. The highest BCUT2D eigenvalue weighted by molar-refractivity contribution is 5.62. The lowest BCUT2D eigenvalue weighted by atomic mass is 10.3. The molecule has 0 unspecified atom stereocenters. The minimum atomic E-state index is -2.00. The summed E-state index contributed by atoms with van der Waals surface area (Å²) in [7, 11) is 0. The standard InChI is InChI=1S/C7H4FNO4/c8-7(10)13-6-3-1-2-5(4-6)9(11)12/h1-4H. The molecule has 0 aliphatic rings. The number of rotatable bonds is 2. The molecule has 0 amide bonds. The monoisotopic (exact) mass is 185 g/mol. The van der Waals surface area contributed by atoms with Crippen molar-refractivity contribution in [2.24, 2.45) is 0 Å². The molecule has 1 aromatic carbocycles. The van der Waals surface area contributed by atoms with Gasteiger partial charge in [0.15, 0.2) is 0 Å². The topological polar surface area (TPSA) is 69.4 Å². The van der Waals surface area contributed by atoms with E-state index in [9.17, 15) is 19.3 Å². The third-order valence-corrected chi connectivity index (χ3v) is 1.23. The molecule has 1 aromatic rings. The van der Waals surface area contributed by atoms with Crippen molar-refractivity contribution in [2.45, 2.75) is 0 Å². The molecule has 0 aromatic heterocycles. The molecule has 6 heteroatoms. The molecular weight excluding hydrogens is 181 g/mol. The lowest BCUT2D eigenvalue weighted by molar-refractivity contribution is -0.384. The van der Waals surface area contributed by atoms with Gasteiger partial charge in [-0.1, -0.05) is 6.07 Å². The number of benzene rings is 1. The molecule has 1 rings (SSSR count). The van der Waals surface area contributed by atoms with Crippen molar-refractivity contribution in [2.75, 3.05) is 0 Å². The number of hydrogen-bond acceptors (Lipinski definition) is 4. The summed E-state index contributed by atoms with van der Waals surface area (Å²) in [5, 5.41) is 10.2. The molecule has 0 spiro atoms. The molecule has 5 nitrogen and oxygen atoms in total. The molecule has 13 heavy (non-hydrogen) atoms. The first-order valence-electron chi connectivity index (χ1n) is 3.21. The number of nitrogens with zero attached hydrogens (tertiary/aromatic N) is 1. The van der Waals surface area contributed by atoms with Gasteiger partial charge in [0.1, 0.15) is 5.75 Å². The minimum Gasteiger partial charge on any atom is -0.401 e. The molecule has 0 saturated carbocycles. The van der Waals surface area contributed by atoms with Gasteiger partial charge in [-0.2, -0.15) is 0 Å². The number of carbonyl (C=O) groups is 1. The number of nitro groups is 1. The Morgan fingerprint density at radius 2 is 2.23 bits per heavy atom. The molecular formula is C7H4FNO4. The largest absolute Gasteiger partial charge is 0.500 e. The van der Waals surface area contributed by atoms with Crippen molar-refractivity contribution in [1.82, 2.24) is 0 Å². The smallest absolute Gasteiger partial charge is 0.401 e. The van der Waals surface area contributed by atoms with Crippen LogP contribution in [0.5, 0.6) is 5.75 Å². The number of nitro benzene ring substituents is 1. The van der Waals surface area contributed by atoms with Crippen molar-refractivity contribution in [1.29, 1.82) is 0 Å². The van der Waals surface area contributed by atoms with Crippen LogP contribution in [0.1, 0.15) is 0 Å². The van der Waals surface area contributed by atoms with Gasteiger partial charge in [0, 0.05) is 6.07 Å². The van der Waals surface area contributed by atoms with E-state index in [1.807, 2.05) is 0 Å². The Labute approximate surface area is 71.9 Å². The minimum absolute atomic E-state index is 0.193. The van der Waals surface area contributed by atoms with E-state index >= 15 is 0 Å². The molecule has 0 saturated heterocycles. The fraction of sp³-hybridized carbons (Fsp3) is 0. The van der Waals surface area contributed by atoms with Crippen LogP contribution >= 0.6 is 0 Å². The predicted octanol–water partition coefficient (Wildman–Crippen LogP) is 2.06. The second-order valence-corrected chi connectivity index (χ2v) is 2.09. The molecule has 0 heterocycles. The second-order valence-electron chi connectivity index (χ2n) is 2.09. The third-order valence-electron chi connectivity index (χ3n) is 1.23. The molecule has 0 bridgehead atoms. The number of hydrogen-bond donors (Lipinski definition) is 0. The zero-order valence-corrected chi connectivity index (χ0v) is 6.27. The highest BCUT2D eigenvalue weighted by Gasteiger charge is 2.08. The summed E-state index contributed by atoms with van der Waals surface area (Å²) in [5.41, 5.74) is -0.265. The maximum atomic E-state index is 11.7. The third kappa shape index (κ3) is 2.51. The first-order chi connectivity index (χ1) is 6.09. The Hall–Kier alpha value is -1.98. The van der Waals surface area contributed by atoms with E-state index < -0.39 is 11.1 Å². The Kier molecular flexibility index (Phi) is 2.53. The molecule has 0 atom stereocenters. The average molecular weight is 185 g/mol. The van der Waals surface area contributed by atoms with Gasteiger partial charge in [0.25, 0.3) is 5.69 Å². The van der Waals surface area contributed by atoms with Gasteiger partial charge in [-0.05, 0) is 6.07 Å². The van der Waals surface area contributed by atoms with E-state index in [1.54, 1.807) is 0 Å². The molecule has 0 fully saturated rings. The maximum absolute atomic E-state index is 11.7. The summed E-state index contributed by atoms with van der Waals surface area (Å²) in [6.45, 7) is 0.